The Labute approximate surface area is 129 Å². The molecule has 1 heterocycles. The molecule has 1 aliphatic rings. The van der Waals surface area contributed by atoms with Gasteiger partial charge in [-0.05, 0) is 42.7 Å². The highest BCUT2D eigenvalue weighted by atomic mass is 35.5. The number of carbonyl (C=O) groups is 1. The fourth-order valence-electron chi connectivity index (χ4n) is 2.78. The summed E-state index contributed by atoms with van der Waals surface area (Å²) in [6.07, 6.45) is 0.904. The SMILES string of the molecule is CC1Cc2ccccc2N1C(=O)NCc1cccc(Cl)c1. The molecule has 3 nitrogen and oxygen atoms in total. The van der Waals surface area contributed by atoms with E-state index in [4.69, 9.17) is 11.6 Å². The molecule has 2 aromatic carbocycles. The van der Waals surface area contributed by atoms with Gasteiger partial charge in [-0.25, -0.2) is 4.79 Å². The van der Waals surface area contributed by atoms with Gasteiger partial charge in [0.25, 0.3) is 0 Å². The largest absolute Gasteiger partial charge is 0.334 e. The third kappa shape index (κ3) is 2.88. The summed E-state index contributed by atoms with van der Waals surface area (Å²) in [6, 6.07) is 15.7. The number of urea groups is 1. The highest BCUT2D eigenvalue weighted by Crippen LogP contribution is 2.31. The van der Waals surface area contributed by atoms with Crippen molar-refractivity contribution in [3.63, 3.8) is 0 Å². The average Bonchev–Trinajstić information content (AvgIpc) is 2.81. The molecule has 1 aliphatic heterocycles. The van der Waals surface area contributed by atoms with Crippen molar-refractivity contribution in [2.75, 3.05) is 4.90 Å². The number of benzene rings is 2. The Kier molecular flexibility index (Phi) is 3.84. The maximum Gasteiger partial charge on any atom is 0.322 e. The monoisotopic (exact) mass is 300 g/mol. The molecule has 0 bridgehead atoms. The predicted octanol–water partition coefficient (Wildman–Crippen LogP) is 4.00. The summed E-state index contributed by atoms with van der Waals surface area (Å²) in [5.41, 5.74) is 3.23. The summed E-state index contributed by atoms with van der Waals surface area (Å²) < 4.78 is 0. The maximum absolute atomic E-state index is 12.5. The summed E-state index contributed by atoms with van der Waals surface area (Å²) in [7, 11) is 0. The van der Waals surface area contributed by atoms with E-state index in [1.54, 1.807) is 0 Å². The molecule has 4 heteroatoms. The lowest BCUT2D eigenvalue weighted by atomic mass is 10.1. The highest BCUT2D eigenvalue weighted by molar-refractivity contribution is 6.30. The molecule has 0 saturated heterocycles. The smallest absolute Gasteiger partial charge is 0.322 e. The minimum absolute atomic E-state index is 0.0626. The Hall–Kier alpha value is -2.00. The molecule has 1 N–H and O–H groups in total. The number of halogens is 1. The van der Waals surface area contributed by atoms with Gasteiger partial charge in [-0.2, -0.15) is 0 Å². The summed E-state index contributed by atoms with van der Waals surface area (Å²) in [5.74, 6) is 0. The van der Waals surface area contributed by atoms with Gasteiger partial charge in [-0.1, -0.05) is 41.9 Å². The minimum atomic E-state index is -0.0626. The van der Waals surface area contributed by atoms with Gasteiger partial charge in [0.2, 0.25) is 0 Å². The van der Waals surface area contributed by atoms with Crippen molar-refractivity contribution in [3.8, 4) is 0 Å². The summed E-state index contributed by atoms with van der Waals surface area (Å²) in [4.78, 5) is 14.3. The Morgan fingerprint density at radius 3 is 2.90 bits per heavy atom. The van der Waals surface area contributed by atoms with Crippen LogP contribution in [-0.2, 0) is 13.0 Å². The van der Waals surface area contributed by atoms with E-state index in [0.717, 1.165) is 17.7 Å². The van der Waals surface area contributed by atoms with Crippen LogP contribution in [0.2, 0.25) is 5.02 Å². The number of fused-ring (bicyclic) bond motifs is 1. The zero-order valence-corrected chi connectivity index (χ0v) is 12.6. The van der Waals surface area contributed by atoms with E-state index < -0.39 is 0 Å². The fourth-order valence-corrected chi connectivity index (χ4v) is 3.00. The quantitative estimate of drug-likeness (QED) is 0.893. The molecular weight excluding hydrogens is 284 g/mol. The van der Waals surface area contributed by atoms with Gasteiger partial charge in [0, 0.05) is 23.3 Å². The van der Waals surface area contributed by atoms with Crippen LogP contribution in [0.4, 0.5) is 10.5 Å². The molecule has 2 aromatic rings. The van der Waals surface area contributed by atoms with E-state index in [-0.39, 0.29) is 12.1 Å². The van der Waals surface area contributed by atoms with Crippen LogP contribution in [0.25, 0.3) is 0 Å². The molecule has 0 spiro atoms. The first-order chi connectivity index (χ1) is 10.1. The third-order valence-electron chi connectivity index (χ3n) is 3.76. The lowest BCUT2D eigenvalue weighted by Crippen LogP contribution is -2.42. The van der Waals surface area contributed by atoms with Gasteiger partial charge in [-0.3, -0.25) is 4.90 Å². The first-order valence-corrected chi connectivity index (χ1v) is 7.42. The number of carbonyl (C=O) groups excluding carboxylic acids is 1. The van der Waals surface area contributed by atoms with Crippen LogP contribution >= 0.6 is 11.6 Å². The number of rotatable bonds is 2. The molecule has 0 aromatic heterocycles. The van der Waals surface area contributed by atoms with Crippen LogP contribution in [0.1, 0.15) is 18.1 Å². The Bertz CT molecular complexity index is 671. The second-order valence-corrected chi connectivity index (χ2v) is 5.78. The molecular formula is C17H17ClN2O. The second-order valence-electron chi connectivity index (χ2n) is 5.34. The van der Waals surface area contributed by atoms with Crippen molar-refractivity contribution in [1.82, 2.24) is 5.32 Å². The number of hydrogen-bond donors (Lipinski definition) is 1. The molecule has 21 heavy (non-hydrogen) atoms. The lowest BCUT2D eigenvalue weighted by Gasteiger charge is -2.23. The number of amides is 2. The summed E-state index contributed by atoms with van der Waals surface area (Å²) in [6.45, 7) is 2.55. The third-order valence-corrected chi connectivity index (χ3v) is 3.99. The number of anilines is 1. The van der Waals surface area contributed by atoms with E-state index in [2.05, 4.69) is 18.3 Å². The van der Waals surface area contributed by atoms with Gasteiger partial charge in [-0.15, -0.1) is 0 Å². The van der Waals surface area contributed by atoms with Crippen molar-refractivity contribution in [2.45, 2.75) is 25.9 Å². The van der Waals surface area contributed by atoms with E-state index in [1.165, 1.54) is 5.56 Å². The van der Waals surface area contributed by atoms with Crippen molar-refractivity contribution >= 4 is 23.3 Å². The summed E-state index contributed by atoms with van der Waals surface area (Å²) >= 11 is 5.95. The van der Waals surface area contributed by atoms with Gasteiger partial charge >= 0.3 is 6.03 Å². The van der Waals surface area contributed by atoms with E-state index in [1.807, 2.05) is 47.4 Å². The van der Waals surface area contributed by atoms with E-state index in [0.29, 0.717) is 11.6 Å². The zero-order valence-electron chi connectivity index (χ0n) is 11.8. The zero-order chi connectivity index (χ0) is 14.8. The normalized spacial score (nSPS) is 16.7. The van der Waals surface area contributed by atoms with Crippen LogP contribution in [0.5, 0.6) is 0 Å². The van der Waals surface area contributed by atoms with Crippen molar-refractivity contribution < 1.29 is 4.79 Å². The molecule has 0 saturated carbocycles. The maximum atomic E-state index is 12.5. The number of nitrogens with one attached hydrogen (secondary N) is 1. The first kappa shape index (κ1) is 14.0. The molecule has 0 aliphatic carbocycles. The standard InChI is InChI=1S/C17H17ClN2O/c1-12-9-14-6-2-3-8-16(14)20(12)17(21)19-11-13-5-4-7-15(18)10-13/h2-8,10,12H,9,11H2,1H3,(H,19,21). The molecule has 108 valence electrons. The number of nitrogens with zero attached hydrogens (tertiary/aromatic N) is 1. The lowest BCUT2D eigenvalue weighted by molar-refractivity contribution is 0.244. The molecule has 0 fully saturated rings. The Morgan fingerprint density at radius 2 is 2.10 bits per heavy atom. The van der Waals surface area contributed by atoms with Crippen LogP contribution in [0.3, 0.4) is 0 Å². The molecule has 3 rings (SSSR count). The van der Waals surface area contributed by atoms with E-state index in [9.17, 15) is 4.79 Å². The van der Waals surface area contributed by atoms with Gasteiger partial charge in [0.15, 0.2) is 0 Å². The van der Waals surface area contributed by atoms with Crippen LogP contribution in [0.15, 0.2) is 48.5 Å². The van der Waals surface area contributed by atoms with Gasteiger partial charge in [0.1, 0.15) is 0 Å². The second kappa shape index (κ2) is 5.78. The van der Waals surface area contributed by atoms with Gasteiger partial charge < -0.3 is 5.32 Å². The molecule has 2 amide bonds. The van der Waals surface area contributed by atoms with Gasteiger partial charge in [0.05, 0.1) is 0 Å². The average molecular weight is 301 g/mol. The molecule has 0 radical (unpaired) electrons. The number of hydrogen-bond acceptors (Lipinski definition) is 1. The number of para-hydroxylation sites is 1. The topological polar surface area (TPSA) is 32.3 Å². The molecule has 1 atom stereocenters. The van der Waals surface area contributed by atoms with Crippen LogP contribution in [0, 0.1) is 0 Å². The Balaban J connectivity index is 1.71. The predicted molar refractivity (Wildman–Crippen MR) is 85.8 cm³/mol. The van der Waals surface area contributed by atoms with Crippen molar-refractivity contribution in [1.29, 1.82) is 0 Å². The van der Waals surface area contributed by atoms with Crippen molar-refractivity contribution in [3.05, 3.63) is 64.7 Å². The van der Waals surface area contributed by atoms with Crippen LogP contribution in [-0.4, -0.2) is 12.1 Å². The fraction of sp³-hybridized carbons (Fsp3) is 0.235. The van der Waals surface area contributed by atoms with E-state index >= 15 is 0 Å². The summed E-state index contributed by atoms with van der Waals surface area (Å²) in [5, 5.41) is 3.65. The molecule has 1 unspecified atom stereocenters. The van der Waals surface area contributed by atoms with Crippen molar-refractivity contribution in [2.24, 2.45) is 0 Å². The highest BCUT2D eigenvalue weighted by Gasteiger charge is 2.30. The van der Waals surface area contributed by atoms with Crippen LogP contribution < -0.4 is 10.2 Å². The first-order valence-electron chi connectivity index (χ1n) is 7.04. The minimum Gasteiger partial charge on any atom is -0.334 e. The Morgan fingerprint density at radius 1 is 1.29 bits per heavy atom.